The highest BCUT2D eigenvalue weighted by molar-refractivity contribution is 5.80. The van der Waals surface area contributed by atoms with Crippen LogP contribution in [-0.2, 0) is 9.59 Å². The third-order valence-electron chi connectivity index (χ3n) is 2.08. The van der Waals surface area contributed by atoms with E-state index in [1.807, 2.05) is 0 Å². The number of hydrogen-bond acceptors (Lipinski definition) is 8. The third kappa shape index (κ3) is 6.25. The lowest BCUT2D eigenvalue weighted by atomic mass is 10.2. The molecule has 12 nitrogen and oxygen atoms in total. The van der Waals surface area contributed by atoms with Crippen LogP contribution in [0.2, 0.25) is 0 Å². The number of nitrogens with two attached hydrogens (primary N) is 1. The Hall–Kier alpha value is -3.28. The van der Waals surface area contributed by atoms with E-state index in [1.165, 1.54) is 0 Å². The number of nitrogens with zero attached hydrogens (tertiary/aromatic N) is 2. The van der Waals surface area contributed by atoms with E-state index in [1.54, 1.807) is 0 Å². The van der Waals surface area contributed by atoms with Gasteiger partial charge < -0.3 is 21.1 Å². The van der Waals surface area contributed by atoms with E-state index in [-0.39, 0.29) is 0 Å². The van der Waals surface area contributed by atoms with E-state index in [0.29, 0.717) is 6.07 Å². The van der Waals surface area contributed by atoms with Crippen molar-refractivity contribution in [3.63, 3.8) is 0 Å². The molecule has 1 aromatic carbocycles. The molecule has 0 aromatic heterocycles. The van der Waals surface area contributed by atoms with Crippen LogP contribution in [-0.4, -0.2) is 43.1 Å². The zero-order valence-electron chi connectivity index (χ0n) is 10.8. The van der Waals surface area contributed by atoms with Gasteiger partial charge in [-0.1, -0.05) is 0 Å². The minimum Gasteiger partial charge on any atom is -0.502 e. The summed E-state index contributed by atoms with van der Waals surface area (Å²) in [5.74, 6) is -3.09. The number of nitro benzene ring substituents is 2. The fraction of sp³-hybridized carbons (Fsp3) is 0.200. The number of aliphatic carboxylic acids is 2. The number of nitro groups is 2. The molecule has 0 saturated carbocycles. The van der Waals surface area contributed by atoms with Crippen molar-refractivity contribution in [1.82, 2.24) is 0 Å². The van der Waals surface area contributed by atoms with Gasteiger partial charge >= 0.3 is 17.6 Å². The highest BCUT2D eigenvalue weighted by atomic mass is 16.6. The lowest BCUT2D eigenvalue weighted by Crippen LogP contribution is -2.32. The quantitative estimate of drug-likeness (QED) is 0.424. The van der Waals surface area contributed by atoms with Crippen molar-refractivity contribution < 1.29 is 34.8 Å². The first-order chi connectivity index (χ1) is 10.1. The highest BCUT2D eigenvalue weighted by Gasteiger charge is 2.18. The molecule has 5 N–H and O–H groups in total. The monoisotopic (exact) mass is 317 g/mol. The number of phenolic OH excluding ortho intramolecular Hbond substituents is 1. The third-order valence-corrected chi connectivity index (χ3v) is 2.08. The topological polar surface area (TPSA) is 207 Å². The number of carbonyl (C=O) groups is 2. The zero-order valence-corrected chi connectivity index (χ0v) is 10.8. The van der Waals surface area contributed by atoms with Crippen LogP contribution in [0.3, 0.4) is 0 Å². The first kappa shape index (κ1) is 18.7. The number of carboxylic acids is 2. The van der Waals surface area contributed by atoms with Gasteiger partial charge in [0.05, 0.1) is 22.3 Å². The fourth-order valence-corrected chi connectivity index (χ4v) is 1.05. The number of benzene rings is 1. The number of carboxylic acid groups (broad SMARTS) is 2. The van der Waals surface area contributed by atoms with Gasteiger partial charge in [-0.25, -0.2) is 0 Å². The Morgan fingerprint density at radius 2 is 1.73 bits per heavy atom. The van der Waals surface area contributed by atoms with E-state index >= 15 is 0 Å². The minimum absolute atomic E-state index is 0.426. The molecule has 1 unspecified atom stereocenters. The highest BCUT2D eigenvalue weighted by Crippen LogP contribution is 2.29. The maximum Gasteiger partial charge on any atom is 0.321 e. The number of aromatic hydroxyl groups is 1. The lowest BCUT2D eigenvalue weighted by molar-refractivity contribution is -0.394. The largest absolute Gasteiger partial charge is 0.502 e. The molecule has 1 aromatic rings. The predicted molar refractivity (Wildman–Crippen MR) is 69.3 cm³/mol. The fourth-order valence-electron chi connectivity index (χ4n) is 1.05. The van der Waals surface area contributed by atoms with Gasteiger partial charge in [-0.3, -0.25) is 29.8 Å². The second-order valence-corrected chi connectivity index (χ2v) is 3.73. The second kappa shape index (κ2) is 8.11. The number of hydrogen-bond donors (Lipinski definition) is 4. The molecular formula is C10H11N3O9. The van der Waals surface area contributed by atoms with Crippen molar-refractivity contribution in [2.45, 2.75) is 12.5 Å². The Morgan fingerprint density at radius 1 is 1.18 bits per heavy atom. The van der Waals surface area contributed by atoms with E-state index < -0.39 is 51.4 Å². The standard InChI is InChI=1S/C6H4N2O5.C4H7NO4/c9-6-2-1-4(7(10)11)3-5(6)8(12)13;5-2(4(8)9)1-3(6)7/h1-3,9H;2H,1,5H2,(H,6,7)(H,8,9). The lowest BCUT2D eigenvalue weighted by Gasteiger charge is -1.99. The zero-order chi connectivity index (χ0) is 17.4. The summed E-state index contributed by atoms with van der Waals surface area (Å²) in [7, 11) is 0. The molecule has 0 aliphatic carbocycles. The SMILES string of the molecule is NC(CC(=O)O)C(=O)O.O=[N+]([O-])c1ccc(O)c([N+](=O)[O-])c1. The van der Waals surface area contributed by atoms with Crippen molar-refractivity contribution in [2.24, 2.45) is 5.73 Å². The average Bonchev–Trinajstić information content (AvgIpc) is 2.38. The summed E-state index contributed by atoms with van der Waals surface area (Å²) in [5.41, 5.74) is 3.74. The molecule has 0 amide bonds. The van der Waals surface area contributed by atoms with Gasteiger partial charge in [-0.2, -0.15) is 0 Å². The summed E-state index contributed by atoms with van der Waals surface area (Å²) in [6.07, 6.45) is -0.532. The van der Waals surface area contributed by atoms with Crippen molar-refractivity contribution in [2.75, 3.05) is 0 Å². The first-order valence-electron chi connectivity index (χ1n) is 5.38. The Bertz CT molecular complexity index is 601. The van der Waals surface area contributed by atoms with Crippen LogP contribution in [0.5, 0.6) is 5.75 Å². The molecule has 0 saturated heterocycles. The molecule has 1 atom stereocenters. The molecule has 0 aliphatic heterocycles. The maximum atomic E-state index is 10.2. The summed E-state index contributed by atoms with van der Waals surface area (Å²) in [6.45, 7) is 0. The summed E-state index contributed by atoms with van der Waals surface area (Å²) in [4.78, 5) is 38.4. The van der Waals surface area contributed by atoms with Crippen molar-refractivity contribution >= 4 is 23.3 Å². The van der Waals surface area contributed by atoms with Gasteiger partial charge in [-0.05, 0) is 6.07 Å². The van der Waals surface area contributed by atoms with Gasteiger partial charge in [0.15, 0.2) is 5.75 Å². The van der Waals surface area contributed by atoms with Gasteiger partial charge in [-0.15, -0.1) is 0 Å². The molecule has 1 rings (SSSR count). The van der Waals surface area contributed by atoms with Crippen LogP contribution >= 0.6 is 0 Å². The van der Waals surface area contributed by atoms with E-state index in [9.17, 15) is 29.8 Å². The normalized spacial score (nSPS) is 10.8. The molecule has 0 heterocycles. The van der Waals surface area contributed by atoms with Crippen LogP contribution in [0.4, 0.5) is 11.4 Å². The Morgan fingerprint density at radius 3 is 2.05 bits per heavy atom. The van der Waals surface area contributed by atoms with Crippen LogP contribution in [0.1, 0.15) is 6.42 Å². The Kier molecular flexibility index (Phi) is 6.90. The second-order valence-electron chi connectivity index (χ2n) is 3.73. The van der Waals surface area contributed by atoms with E-state index in [4.69, 9.17) is 21.1 Å². The van der Waals surface area contributed by atoms with Crippen LogP contribution in [0.15, 0.2) is 18.2 Å². The molecule has 22 heavy (non-hydrogen) atoms. The predicted octanol–water partition coefficient (Wildman–Crippen LogP) is 0.0816. The Labute approximate surface area is 121 Å². The number of phenols is 1. The van der Waals surface area contributed by atoms with E-state index in [2.05, 4.69) is 0 Å². The molecular weight excluding hydrogens is 306 g/mol. The number of rotatable bonds is 5. The van der Waals surface area contributed by atoms with Crippen molar-refractivity contribution in [3.8, 4) is 5.75 Å². The Balaban J connectivity index is 0.000000433. The summed E-state index contributed by atoms with van der Waals surface area (Å²) in [6, 6.07) is 1.32. The number of non-ortho nitro benzene ring substituents is 1. The summed E-state index contributed by atoms with van der Waals surface area (Å²) < 4.78 is 0. The van der Waals surface area contributed by atoms with Crippen molar-refractivity contribution in [3.05, 3.63) is 38.4 Å². The molecule has 0 spiro atoms. The van der Waals surface area contributed by atoms with Gasteiger partial charge in [0.2, 0.25) is 0 Å². The average molecular weight is 317 g/mol. The molecule has 12 heteroatoms. The maximum absolute atomic E-state index is 10.2. The van der Waals surface area contributed by atoms with Gasteiger partial charge in [0.1, 0.15) is 6.04 Å². The van der Waals surface area contributed by atoms with Crippen LogP contribution < -0.4 is 5.73 Å². The summed E-state index contributed by atoms with van der Waals surface area (Å²) >= 11 is 0. The van der Waals surface area contributed by atoms with Crippen LogP contribution in [0, 0.1) is 20.2 Å². The molecule has 0 aliphatic rings. The molecule has 120 valence electrons. The molecule has 0 radical (unpaired) electrons. The first-order valence-corrected chi connectivity index (χ1v) is 5.38. The summed E-state index contributed by atoms with van der Waals surface area (Å²) in [5, 5.41) is 45.4. The van der Waals surface area contributed by atoms with Gasteiger partial charge in [0, 0.05) is 6.07 Å². The minimum atomic E-state index is -1.29. The molecule has 0 fully saturated rings. The smallest absolute Gasteiger partial charge is 0.321 e. The van der Waals surface area contributed by atoms with Gasteiger partial charge in [0.25, 0.3) is 5.69 Å². The molecule has 0 bridgehead atoms. The van der Waals surface area contributed by atoms with Crippen LogP contribution in [0.25, 0.3) is 0 Å². The van der Waals surface area contributed by atoms with E-state index in [0.717, 1.165) is 12.1 Å². The van der Waals surface area contributed by atoms with Crippen molar-refractivity contribution in [1.29, 1.82) is 0 Å².